The minimum Gasteiger partial charge on any atom is -0.368 e. The van der Waals surface area contributed by atoms with Gasteiger partial charge in [-0.05, 0) is 42.3 Å². The molecule has 0 aliphatic heterocycles. The van der Waals surface area contributed by atoms with E-state index in [1.165, 1.54) is 0 Å². The number of benzene rings is 2. The smallest absolute Gasteiger partial charge is 0.249 e. The third-order valence-electron chi connectivity index (χ3n) is 3.36. The van der Waals surface area contributed by atoms with Crippen molar-refractivity contribution in [3.05, 3.63) is 69.3 Å². The van der Waals surface area contributed by atoms with Gasteiger partial charge >= 0.3 is 0 Å². The van der Waals surface area contributed by atoms with Crippen molar-refractivity contribution in [1.29, 1.82) is 0 Å². The molecular weight excluding hydrogens is 381 g/mol. The second-order valence-corrected chi connectivity index (χ2v) is 6.49. The molecule has 1 heterocycles. The van der Waals surface area contributed by atoms with E-state index in [0.29, 0.717) is 33.4 Å². The monoisotopic (exact) mass is 393 g/mol. The summed E-state index contributed by atoms with van der Waals surface area (Å²) < 4.78 is 0. The van der Waals surface area contributed by atoms with Gasteiger partial charge < -0.3 is 10.6 Å². The number of hydrogen-bond acceptors (Lipinski definition) is 5. The zero-order valence-electron chi connectivity index (χ0n) is 13.0. The van der Waals surface area contributed by atoms with Gasteiger partial charge in [-0.15, -0.1) is 5.10 Å². The van der Waals surface area contributed by atoms with Crippen molar-refractivity contribution in [2.75, 3.05) is 17.2 Å². The van der Waals surface area contributed by atoms with Crippen LogP contribution >= 0.6 is 34.8 Å². The highest BCUT2D eigenvalue weighted by molar-refractivity contribution is 6.35. The van der Waals surface area contributed by atoms with E-state index in [1.54, 1.807) is 24.4 Å². The van der Waals surface area contributed by atoms with Crippen LogP contribution in [0.4, 0.5) is 17.5 Å². The molecule has 0 radical (unpaired) electrons. The Hall–Kier alpha value is -2.08. The fraction of sp³-hybridized carbons (Fsp3) is 0.118. The van der Waals surface area contributed by atoms with Crippen molar-refractivity contribution in [1.82, 2.24) is 15.2 Å². The van der Waals surface area contributed by atoms with Crippen LogP contribution in [0.3, 0.4) is 0 Å². The van der Waals surface area contributed by atoms with Crippen LogP contribution in [-0.4, -0.2) is 21.7 Å². The molecule has 1 aromatic heterocycles. The van der Waals surface area contributed by atoms with Crippen molar-refractivity contribution >= 4 is 52.3 Å². The Bertz CT molecular complexity index is 872. The molecule has 128 valence electrons. The molecule has 0 saturated heterocycles. The van der Waals surface area contributed by atoms with Crippen molar-refractivity contribution in [3.63, 3.8) is 0 Å². The Morgan fingerprint density at radius 3 is 2.60 bits per heavy atom. The Morgan fingerprint density at radius 2 is 1.80 bits per heavy atom. The van der Waals surface area contributed by atoms with Crippen molar-refractivity contribution < 1.29 is 0 Å². The summed E-state index contributed by atoms with van der Waals surface area (Å²) in [5.41, 5.74) is 1.80. The van der Waals surface area contributed by atoms with Gasteiger partial charge in [0.1, 0.15) is 0 Å². The van der Waals surface area contributed by atoms with Crippen LogP contribution < -0.4 is 10.6 Å². The number of nitrogens with one attached hydrogen (secondary N) is 2. The Labute approximate surface area is 160 Å². The van der Waals surface area contributed by atoms with Crippen LogP contribution in [0.15, 0.2) is 48.7 Å². The summed E-state index contributed by atoms with van der Waals surface area (Å²) in [6.45, 7) is 0.649. The maximum Gasteiger partial charge on any atom is 0.249 e. The molecule has 8 heteroatoms. The molecule has 0 atom stereocenters. The van der Waals surface area contributed by atoms with Crippen LogP contribution in [0.25, 0.3) is 0 Å². The van der Waals surface area contributed by atoms with Crippen molar-refractivity contribution in [2.24, 2.45) is 0 Å². The maximum atomic E-state index is 6.17. The van der Waals surface area contributed by atoms with Gasteiger partial charge in [0.2, 0.25) is 5.95 Å². The maximum absolute atomic E-state index is 6.17. The normalized spacial score (nSPS) is 10.5. The highest BCUT2D eigenvalue weighted by Crippen LogP contribution is 2.21. The zero-order valence-corrected chi connectivity index (χ0v) is 15.3. The van der Waals surface area contributed by atoms with E-state index in [9.17, 15) is 0 Å². The minimum absolute atomic E-state index is 0.386. The molecule has 5 nitrogen and oxygen atoms in total. The van der Waals surface area contributed by atoms with Crippen molar-refractivity contribution in [2.45, 2.75) is 6.42 Å². The Balaban J connectivity index is 1.60. The molecule has 0 aliphatic rings. The third kappa shape index (κ3) is 5.19. The molecule has 0 aliphatic carbocycles. The van der Waals surface area contributed by atoms with E-state index in [1.807, 2.05) is 24.3 Å². The minimum atomic E-state index is 0.386. The first-order chi connectivity index (χ1) is 12.1. The quantitative estimate of drug-likeness (QED) is 0.599. The summed E-state index contributed by atoms with van der Waals surface area (Å²) in [7, 11) is 0. The van der Waals surface area contributed by atoms with Gasteiger partial charge in [0, 0.05) is 27.3 Å². The summed E-state index contributed by atoms with van der Waals surface area (Å²) in [5.74, 6) is 1.00. The fourth-order valence-electron chi connectivity index (χ4n) is 2.19. The first-order valence-corrected chi connectivity index (χ1v) is 8.64. The number of nitrogens with zero attached hydrogens (tertiary/aromatic N) is 3. The number of rotatable bonds is 6. The summed E-state index contributed by atoms with van der Waals surface area (Å²) in [6, 6.07) is 12.8. The first kappa shape index (κ1) is 17.7. The van der Waals surface area contributed by atoms with Crippen LogP contribution in [0.2, 0.25) is 15.1 Å². The van der Waals surface area contributed by atoms with Gasteiger partial charge in [-0.2, -0.15) is 10.1 Å². The van der Waals surface area contributed by atoms with E-state index in [-0.39, 0.29) is 0 Å². The number of halogens is 3. The van der Waals surface area contributed by atoms with Gasteiger partial charge in [0.15, 0.2) is 5.82 Å². The van der Waals surface area contributed by atoms with E-state index < -0.39 is 0 Å². The fourth-order valence-corrected chi connectivity index (χ4v) is 2.88. The van der Waals surface area contributed by atoms with Crippen LogP contribution in [0, 0.1) is 0 Å². The molecule has 0 fully saturated rings. The van der Waals surface area contributed by atoms with Gasteiger partial charge in [-0.25, -0.2) is 0 Å². The number of anilines is 3. The van der Waals surface area contributed by atoms with Gasteiger partial charge in [0.25, 0.3) is 0 Å². The summed E-state index contributed by atoms with van der Waals surface area (Å²) in [6.07, 6.45) is 2.30. The van der Waals surface area contributed by atoms with Gasteiger partial charge in [0.05, 0.1) is 6.20 Å². The van der Waals surface area contributed by atoms with Crippen LogP contribution in [0.1, 0.15) is 5.56 Å². The topological polar surface area (TPSA) is 62.7 Å². The summed E-state index contributed by atoms with van der Waals surface area (Å²) >= 11 is 18.0. The molecule has 0 spiro atoms. The summed E-state index contributed by atoms with van der Waals surface area (Å²) in [5, 5.41) is 16.1. The number of aromatic nitrogens is 3. The zero-order chi connectivity index (χ0) is 17.6. The summed E-state index contributed by atoms with van der Waals surface area (Å²) in [4.78, 5) is 4.37. The molecule has 3 aromatic rings. The highest BCUT2D eigenvalue weighted by atomic mass is 35.5. The Kier molecular flexibility index (Phi) is 5.91. The van der Waals surface area contributed by atoms with E-state index in [4.69, 9.17) is 34.8 Å². The molecule has 2 N–H and O–H groups in total. The SMILES string of the molecule is Clc1cccc(Nc2nncc(NCCc3ccc(Cl)cc3Cl)n2)c1. The average Bonchev–Trinajstić information content (AvgIpc) is 2.57. The van der Waals surface area contributed by atoms with Gasteiger partial charge in [-0.3, -0.25) is 0 Å². The lowest BCUT2D eigenvalue weighted by Crippen LogP contribution is -2.09. The Morgan fingerprint density at radius 1 is 0.960 bits per heavy atom. The first-order valence-electron chi connectivity index (χ1n) is 7.50. The van der Waals surface area contributed by atoms with E-state index >= 15 is 0 Å². The molecule has 0 unspecified atom stereocenters. The van der Waals surface area contributed by atoms with E-state index in [0.717, 1.165) is 17.7 Å². The molecule has 0 saturated carbocycles. The standard InChI is InChI=1S/C17H14Cl3N5/c18-12-2-1-3-14(8-12)23-17-24-16(10-22-25-17)21-7-6-11-4-5-13(19)9-15(11)20/h1-5,8-10H,6-7H2,(H2,21,23,24,25). The van der Waals surface area contributed by atoms with Crippen molar-refractivity contribution in [3.8, 4) is 0 Å². The second kappa shape index (κ2) is 8.34. The molecule has 0 bridgehead atoms. The third-order valence-corrected chi connectivity index (χ3v) is 4.18. The second-order valence-electron chi connectivity index (χ2n) is 5.21. The average molecular weight is 395 g/mol. The predicted molar refractivity (Wildman–Crippen MR) is 103 cm³/mol. The predicted octanol–water partition coefficient (Wildman–Crippen LogP) is 5.23. The lowest BCUT2D eigenvalue weighted by Gasteiger charge is -2.09. The van der Waals surface area contributed by atoms with Crippen LogP contribution in [0.5, 0.6) is 0 Å². The van der Waals surface area contributed by atoms with Crippen LogP contribution in [-0.2, 0) is 6.42 Å². The van der Waals surface area contributed by atoms with Gasteiger partial charge in [-0.1, -0.05) is 46.9 Å². The molecule has 2 aromatic carbocycles. The molecule has 3 rings (SSSR count). The molecule has 0 amide bonds. The van der Waals surface area contributed by atoms with E-state index in [2.05, 4.69) is 25.8 Å². The lowest BCUT2D eigenvalue weighted by molar-refractivity contribution is 0.950. The lowest BCUT2D eigenvalue weighted by atomic mass is 10.1. The molecular formula is C17H14Cl3N5. The largest absolute Gasteiger partial charge is 0.368 e. The highest BCUT2D eigenvalue weighted by Gasteiger charge is 2.04. The number of hydrogen-bond donors (Lipinski definition) is 2. The molecule has 25 heavy (non-hydrogen) atoms.